The normalized spacial score (nSPS) is 14.0. The molecule has 0 spiro atoms. The topological polar surface area (TPSA) is 64.6 Å². The Kier molecular flexibility index (Phi) is 6.72. The highest BCUT2D eigenvalue weighted by molar-refractivity contribution is 5.85. The molecule has 1 atom stereocenters. The molecule has 5 heteroatoms. The number of esters is 1. The van der Waals surface area contributed by atoms with Crippen LogP contribution in [0.5, 0.6) is 0 Å². The second kappa shape index (κ2) is 7.22. The van der Waals surface area contributed by atoms with Crippen molar-refractivity contribution in [1.29, 1.82) is 0 Å². The summed E-state index contributed by atoms with van der Waals surface area (Å²) in [6.07, 6.45) is 0.762. The van der Waals surface area contributed by atoms with Crippen LogP contribution in [0.4, 0.5) is 0 Å². The van der Waals surface area contributed by atoms with Gasteiger partial charge >= 0.3 is 5.97 Å². The summed E-state index contributed by atoms with van der Waals surface area (Å²) in [5.41, 5.74) is -0.825. The van der Waals surface area contributed by atoms with Crippen LogP contribution < -0.4 is 5.32 Å². The molecule has 0 heterocycles. The van der Waals surface area contributed by atoms with Crippen molar-refractivity contribution < 1.29 is 19.1 Å². The lowest BCUT2D eigenvalue weighted by Gasteiger charge is -2.25. The first-order valence-corrected chi connectivity index (χ1v) is 5.49. The van der Waals surface area contributed by atoms with Crippen molar-refractivity contribution in [2.75, 3.05) is 20.3 Å². The first kappa shape index (κ1) is 14.9. The Balaban J connectivity index is 3.94. The lowest BCUT2D eigenvalue weighted by atomic mass is 10.0. The summed E-state index contributed by atoms with van der Waals surface area (Å²) in [6, 6.07) is 0. The van der Waals surface area contributed by atoms with Gasteiger partial charge in [0, 0.05) is 13.7 Å². The van der Waals surface area contributed by atoms with Crippen LogP contribution in [-0.2, 0) is 19.1 Å². The minimum Gasteiger partial charge on any atom is -0.466 e. The van der Waals surface area contributed by atoms with Crippen LogP contribution in [0.25, 0.3) is 0 Å². The van der Waals surface area contributed by atoms with Crippen molar-refractivity contribution in [3.63, 3.8) is 0 Å². The standard InChI is InChI=1S/C11H21NO4/c1-5-11(3,15-4)10(14)12-8-7-9(13)16-6-2/h5-8H2,1-4H3,(H,12,14). The summed E-state index contributed by atoms with van der Waals surface area (Å²) in [5, 5.41) is 2.65. The molecule has 1 amide bonds. The molecule has 0 aromatic carbocycles. The van der Waals surface area contributed by atoms with Gasteiger partial charge in [-0.05, 0) is 20.3 Å². The Morgan fingerprint density at radius 2 is 1.94 bits per heavy atom. The molecule has 94 valence electrons. The smallest absolute Gasteiger partial charge is 0.307 e. The fraction of sp³-hybridized carbons (Fsp3) is 0.818. The molecule has 0 aliphatic heterocycles. The molecule has 0 saturated carbocycles. The van der Waals surface area contributed by atoms with E-state index in [1.54, 1.807) is 13.8 Å². The number of ether oxygens (including phenoxy) is 2. The average molecular weight is 231 g/mol. The quantitative estimate of drug-likeness (QED) is 0.660. The predicted molar refractivity (Wildman–Crippen MR) is 60.0 cm³/mol. The number of carbonyl (C=O) groups excluding carboxylic acids is 2. The van der Waals surface area contributed by atoms with Crippen molar-refractivity contribution in [2.45, 2.75) is 39.2 Å². The molecule has 0 fully saturated rings. The summed E-state index contributed by atoms with van der Waals surface area (Å²) >= 11 is 0. The molecule has 0 aliphatic rings. The Labute approximate surface area is 96.5 Å². The predicted octanol–water partition coefficient (Wildman–Crippen LogP) is 0.871. The molecule has 0 radical (unpaired) electrons. The number of rotatable bonds is 7. The molecule has 1 N–H and O–H groups in total. The number of carbonyl (C=O) groups is 2. The van der Waals surface area contributed by atoms with Crippen molar-refractivity contribution in [2.24, 2.45) is 0 Å². The Hall–Kier alpha value is -1.10. The third kappa shape index (κ3) is 4.61. The van der Waals surface area contributed by atoms with Crippen LogP contribution in [0.2, 0.25) is 0 Å². The largest absolute Gasteiger partial charge is 0.466 e. The summed E-state index contributed by atoms with van der Waals surface area (Å²) in [5.74, 6) is -0.514. The zero-order chi connectivity index (χ0) is 12.6. The van der Waals surface area contributed by atoms with Crippen molar-refractivity contribution in [1.82, 2.24) is 5.32 Å². The minimum absolute atomic E-state index is 0.184. The zero-order valence-electron chi connectivity index (χ0n) is 10.5. The van der Waals surface area contributed by atoms with Gasteiger partial charge in [0.2, 0.25) is 0 Å². The monoisotopic (exact) mass is 231 g/mol. The molecule has 16 heavy (non-hydrogen) atoms. The van der Waals surface area contributed by atoms with Crippen LogP contribution in [0.15, 0.2) is 0 Å². The lowest BCUT2D eigenvalue weighted by Crippen LogP contribution is -2.46. The maximum absolute atomic E-state index is 11.7. The van der Waals surface area contributed by atoms with E-state index < -0.39 is 5.60 Å². The molecule has 1 unspecified atom stereocenters. The van der Waals surface area contributed by atoms with Gasteiger partial charge in [0.25, 0.3) is 5.91 Å². The maximum atomic E-state index is 11.7. The molecule has 0 aliphatic carbocycles. The van der Waals surface area contributed by atoms with E-state index >= 15 is 0 Å². The molecular formula is C11H21NO4. The van der Waals surface area contributed by atoms with E-state index in [0.29, 0.717) is 13.0 Å². The molecule has 0 saturated heterocycles. The highest BCUT2D eigenvalue weighted by Gasteiger charge is 2.30. The van der Waals surface area contributed by atoms with E-state index in [2.05, 4.69) is 5.32 Å². The maximum Gasteiger partial charge on any atom is 0.307 e. The van der Waals surface area contributed by atoms with E-state index in [1.807, 2.05) is 6.92 Å². The number of nitrogens with one attached hydrogen (secondary N) is 1. The van der Waals surface area contributed by atoms with Crippen molar-refractivity contribution in [3.05, 3.63) is 0 Å². The second-order valence-corrected chi connectivity index (χ2v) is 3.60. The summed E-state index contributed by atoms with van der Waals surface area (Å²) in [7, 11) is 1.49. The van der Waals surface area contributed by atoms with E-state index in [0.717, 1.165) is 0 Å². The van der Waals surface area contributed by atoms with Gasteiger partial charge in [-0.2, -0.15) is 0 Å². The van der Waals surface area contributed by atoms with Gasteiger partial charge in [-0.1, -0.05) is 6.92 Å². The average Bonchev–Trinajstić information content (AvgIpc) is 2.28. The molecule has 0 aromatic heterocycles. The molecule has 0 bridgehead atoms. The van der Waals surface area contributed by atoms with Crippen LogP contribution >= 0.6 is 0 Å². The third-order valence-corrected chi connectivity index (χ3v) is 2.53. The first-order valence-electron chi connectivity index (χ1n) is 5.49. The first-order chi connectivity index (χ1) is 7.50. The van der Waals surface area contributed by atoms with Crippen LogP contribution in [0, 0.1) is 0 Å². The highest BCUT2D eigenvalue weighted by atomic mass is 16.5. The third-order valence-electron chi connectivity index (χ3n) is 2.53. The number of hydrogen-bond acceptors (Lipinski definition) is 4. The highest BCUT2D eigenvalue weighted by Crippen LogP contribution is 2.13. The van der Waals surface area contributed by atoms with E-state index in [9.17, 15) is 9.59 Å². The molecule has 0 rings (SSSR count). The number of hydrogen-bond donors (Lipinski definition) is 1. The SMILES string of the molecule is CCOC(=O)CCNC(=O)C(C)(CC)OC. The van der Waals surface area contributed by atoms with Crippen molar-refractivity contribution in [3.8, 4) is 0 Å². The van der Waals surface area contributed by atoms with Gasteiger partial charge in [-0.15, -0.1) is 0 Å². The van der Waals surface area contributed by atoms with Crippen LogP contribution in [-0.4, -0.2) is 37.7 Å². The van der Waals surface area contributed by atoms with Gasteiger partial charge in [0.15, 0.2) is 0 Å². The number of amides is 1. The Morgan fingerprint density at radius 3 is 2.38 bits per heavy atom. The van der Waals surface area contributed by atoms with E-state index in [1.165, 1.54) is 7.11 Å². The molecular weight excluding hydrogens is 210 g/mol. The Morgan fingerprint density at radius 1 is 1.31 bits per heavy atom. The Bertz CT molecular complexity index is 236. The fourth-order valence-electron chi connectivity index (χ4n) is 1.10. The van der Waals surface area contributed by atoms with Crippen molar-refractivity contribution >= 4 is 11.9 Å². The van der Waals surface area contributed by atoms with Crippen LogP contribution in [0.3, 0.4) is 0 Å². The van der Waals surface area contributed by atoms with E-state index in [-0.39, 0.29) is 24.8 Å². The fourth-order valence-corrected chi connectivity index (χ4v) is 1.10. The van der Waals surface area contributed by atoms with Crippen LogP contribution in [0.1, 0.15) is 33.6 Å². The molecule has 5 nitrogen and oxygen atoms in total. The van der Waals surface area contributed by atoms with Gasteiger partial charge < -0.3 is 14.8 Å². The summed E-state index contributed by atoms with van der Waals surface area (Å²) < 4.78 is 9.87. The van der Waals surface area contributed by atoms with Gasteiger partial charge in [0.05, 0.1) is 13.0 Å². The van der Waals surface area contributed by atoms with Gasteiger partial charge in [0.1, 0.15) is 5.60 Å². The van der Waals surface area contributed by atoms with E-state index in [4.69, 9.17) is 9.47 Å². The minimum atomic E-state index is -0.825. The zero-order valence-corrected chi connectivity index (χ0v) is 10.5. The van der Waals surface area contributed by atoms with Gasteiger partial charge in [-0.25, -0.2) is 0 Å². The lowest BCUT2D eigenvalue weighted by molar-refractivity contribution is -0.144. The number of methoxy groups -OCH3 is 1. The second-order valence-electron chi connectivity index (χ2n) is 3.60. The summed E-state index contributed by atoms with van der Waals surface area (Å²) in [4.78, 5) is 22.7. The summed E-state index contributed by atoms with van der Waals surface area (Å²) in [6.45, 7) is 5.96. The molecule has 0 aromatic rings. The van der Waals surface area contributed by atoms with Gasteiger partial charge in [-0.3, -0.25) is 9.59 Å².